The van der Waals surface area contributed by atoms with E-state index in [4.69, 9.17) is 25.4 Å². The van der Waals surface area contributed by atoms with Gasteiger partial charge in [0.2, 0.25) is 16.8 Å². The van der Waals surface area contributed by atoms with Crippen molar-refractivity contribution < 1.29 is 13.2 Å². The van der Waals surface area contributed by atoms with Crippen molar-refractivity contribution in [1.29, 1.82) is 0 Å². The van der Waals surface area contributed by atoms with Gasteiger partial charge in [-0.15, -0.1) is 0 Å². The van der Waals surface area contributed by atoms with Crippen molar-refractivity contribution in [2.75, 3.05) is 36.9 Å². The standard InChI is InChI=1S/C20H20N8O3S2/c21-20-22-10-14(11-23-20)16-26-17(28-5-7-31-8-6-28)15-19(27-16)32-18(25-15)13-3-1-12(2-4-13)9-24-33(29)30/h1-4,10-11,33H,5-9H2,(H2,21,22,23)(H,24,29,30). The van der Waals surface area contributed by atoms with Gasteiger partial charge >= 0.3 is 0 Å². The number of rotatable bonds is 6. The van der Waals surface area contributed by atoms with Crippen LogP contribution >= 0.6 is 11.3 Å². The van der Waals surface area contributed by atoms with Crippen LogP contribution in [-0.4, -0.2) is 59.6 Å². The zero-order valence-electron chi connectivity index (χ0n) is 17.3. The van der Waals surface area contributed by atoms with Gasteiger partial charge in [0.1, 0.15) is 15.4 Å². The smallest absolute Gasteiger partial charge is 0.219 e. The molecule has 170 valence electrons. The fourth-order valence-electron chi connectivity index (χ4n) is 3.43. The molecular weight excluding hydrogens is 464 g/mol. The number of nitrogens with one attached hydrogen (secondary N) is 1. The summed E-state index contributed by atoms with van der Waals surface area (Å²) in [6, 6.07) is 7.59. The first kappa shape index (κ1) is 21.6. The lowest BCUT2D eigenvalue weighted by atomic mass is 10.1. The molecule has 33 heavy (non-hydrogen) atoms. The zero-order valence-corrected chi connectivity index (χ0v) is 19.1. The average molecular weight is 485 g/mol. The van der Waals surface area contributed by atoms with Gasteiger partial charge in [-0.3, -0.25) is 0 Å². The molecule has 1 aliphatic rings. The maximum absolute atomic E-state index is 10.7. The quantitative estimate of drug-likeness (QED) is 0.341. The van der Waals surface area contributed by atoms with E-state index in [1.807, 2.05) is 24.3 Å². The monoisotopic (exact) mass is 484 g/mol. The van der Waals surface area contributed by atoms with E-state index in [0.717, 1.165) is 32.3 Å². The Labute approximate surface area is 194 Å². The Kier molecular flexibility index (Phi) is 6.09. The molecule has 4 heterocycles. The number of hydrogen-bond donors (Lipinski definition) is 3. The highest BCUT2D eigenvalue weighted by Gasteiger charge is 2.21. The van der Waals surface area contributed by atoms with E-state index in [9.17, 15) is 8.42 Å². The molecular formula is C20H20N8O3S2. The molecule has 1 saturated heterocycles. The maximum atomic E-state index is 10.7. The molecule has 0 amide bonds. The Balaban J connectivity index is 1.55. The number of morpholine rings is 1. The van der Waals surface area contributed by atoms with E-state index < -0.39 is 10.9 Å². The Bertz CT molecular complexity index is 1340. The molecule has 0 saturated carbocycles. The average Bonchev–Trinajstić information content (AvgIpc) is 3.28. The molecule has 11 nitrogen and oxygen atoms in total. The summed E-state index contributed by atoms with van der Waals surface area (Å²) in [5.41, 5.74) is 8.80. The lowest BCUT2D eigenvalue weighted by molar-refractivity contribution is 0.122. The molecule has 0 spiro atoms. The number of nitrogens with zero attached hydrogens (tertiary/aromatic N) is 6. The lowest BCUT2D eigenvalue weighted by Gasteiger charge is -2.28. The summed E-state index contributed by atoms with van der Waals surface area (Å²) in [7, 11) is -2.63. The van der Waals surface area contributed by atoms with Crippen LogP contribution in [0, 0.1) is 0 Å². The summed E-state index contributed by atoms with van der Waals surface area (Å²) in [6.07, 6.45) is 3.22. The summed E-state index contributed by atoms with van der Waals surface area (Å²) >= 11 is 1.47. The maximum Gasteiger partial charge on any atom is 0.219 e. The number of fused-ring (bicyclic) bond motifs is 1. The van der Waals surface area contributed by atoms with Gasteiger partial charge in [0.15, 0.2) is 11.6 Å². The van der Waals surface area contributed by atoms with Crippen LogP contribution in [0.5, 0.6) is 0 Å². The summed E-state index contributed by atoms with van der Waals surface area (Å²) in [5.74, 6) is 1.44. The number of ether oxygens (including phenoxy) is 1. The molecule has 5 rings (SSSR count). The molecule has 1 aliphatic heterocycles. The van der Waals surface area contributed by atoms with Crippen molar-refractivity contribution in [3.63, 3.8) is 0 Å². The molecule has 0 bridgehead atoms. The normalized spacial score (nSPS) is 14.3. The van der Waals surface area contributed by atoms with E-state index in [1.165, 1.54) is 11.3 Å². The van der Waals surface area contributed by atoms with Crippen LogP contribution < -0.4 is 15.4 Å². The Morgan fingerprint density at radius 2 is 1.76 bits per heavy atom. The molecule has 0 aliphatic carbocycles. The Morgan fingerprint density at radius 3 is 2.45 bits per heavy atom. The molecule has 0 atom stereocenters. The van der Waals surface area contributed by atoms with Crippen molar-refractivity contribution in [2.24, 2.45) is 0 Å². The highest BCUT2D eigenvalue weighted by molar-refractivity contribution is 7.70. The fourth-order valence-corrected chi connectivity index (χ4v) is 4.68. The zero-order chi connectivity index (χ0) is 22.8. The lowest BCUT2D eigenvalue weighted by Crippen LogP contribution is -2.37. The number of hydrogen-bond acceptors (Lipinski definition) is 11. The van der Waals surface area contributed by atoms with Crippen molar-refractivity contribution in [3.05, 3.63) is 42.2 Å². The van der Waals surface area contributed by atoms with Crippen LogP contribution in [0.3, 0.4) is 0 Å². The topological polar surface area (TPSA) is 149 Å². The van der Waals surface area contributed by atoms with Crippen molar-refractivity contribution in [3.8, 4) is 22.0 Å². The Hall–Kier alpha value is -3.26. The molecule has 3 aromatic heterocycles. The minimum Gasteiger partial charge on any atom is -0.378 e. The third kappa shape index (κ3) is 4.75. The minimum absolute atomic E-state index is 0.189. The number of nitrogens with two attached hydrogens (primary N) is 1. The van der Waals surface area contributed by atoms with Crippen molar-refractivity contribution in [2.45, 2.75) is 6.54 Å². The third-order valence-electron chi connectivity index (χ3n) is 5.09. The summed E-state index contributed by atoms with van der Waals surface area (Å²) in [4.78, 5) is 25.4. The molecule has 13 heteroatoms. The molecule has 0 radical (unpaired) electrons. The van der Waals surface area contributed by atoms with Gasteiger partial charge < -0.3 is 15.4 Å². The van der Waals surface area contributed by atoms with E-state index in [-0.39, 0.29) is 12.5 Å². The first-order valence-electron chi connectivity index (χ1n) is 10.1. The third-order valence-corrected chi connectivity index (χ3v) is 6.51. The number of nitrogen functional groups attached to an aromatic ring is 1. The van der Waals surface area contributed by atoms with E-state index >= 15 is 0 Å². The van der Waals surface area contributed by atoms with Gasteiger partial charge in [0.05, 0.1) is 18.8 Å². The van der Waals surface area contributed by atoms with Gasteiger partial charge in [-0.25, -0.2) is 38.1 Å². The SMILES string of the molecule is Nc1ncc(-c2nc(N3CCOCC3)c3nc(-c4ccc(CN[SH](=O)=O)cc4)sc3n2)cn1. The molecule has 0 unspecified atom stereocenters. The second-order valence-electron chi connectivity index (χ2n) is 7.26. The van der Waals surface area contributed by atoms with Crippen LogP contribution in [0.25, 0.3) is 32.3 Å². The highest BCUT2D eigenvalue weighted by atomic mass is 32.2. The number of benzene rings is 1. The fraction of sp³-hybridized carbons (Fsp3) is 0.250. The summed E-state index contributed by atoms with van der Waals surface area (Å²) < 4.78 is 29.4. The van der Waals surface area contributed by atoms with Crippen LogP contribution in [-0.2, 0) is 22.2 Å². The first-order valence-corrected chi connectivity index (χ1v) is 12.1. The molecule has 3 N–H and O–H groups in total. The van der Waals surface area contributed by atoms with Crippen LogP contribution in [0.1, 0.15) is 5.56 Å². The molecule has 1 aromatic carbocycles. The summed E-state index contributed by atoms with van der Waals surface area (Å²) in [5, 5.41) is 0.800. The largest absolute Gasteiger partial charge is 0.378 e. The van der Waals surface area contributed by atoms with Gasteiger partial charge in [-0.2, -0.15) is 0 Å². The predicted molar refractivity (Wildman–Crippen MR) is 126 cm³/mol. The summed E-state index contributed by atoms with van der Waals surface area (Å²) in [6.45, 7) is 2.90. The number of anilines is 2. The number of aromatic nitrogens is 5. The molecule has 1 fully saturated rings. The van der Waals surface area contributed by atoms with Gasteiger partial charge in [-0.05, 0) is 5.56 Å². The first-order chi connectivity index (χ1) is 16.1. The minimum atomic E-state index is -2.63. The van der Waals surface area contributed by atoms with E-state index in [0.29, 0.717) is 37.7 Å². The van der Waals surface area contributed by atoms with Crippen molar-refractivity contribution in [1.82, 2.24) is 29.6 Å². The van der Waals surface area contributed by atoms with Gasteiger partial charge in [0, 0.05) is 37.6 Å². The Morgan fingerprint density at radius 1 is 1.03 bits per heavy atom. The van der Waals surface area contributed by atoms with Crippen molar-refractivity contribution >= 4 is 44.3 Å². The highest BCUT2D eigenvalue weighted by Crippen LogP contribution is 2.35. The second-order valence-corrected chi connectivity index (χ2v) is 9.07. The van der Waals surface area contributed by atoms with Gasteiger partial charge in [0.25, 0.3) is 0 Å². The van der Waals surface area contributed by atoms with Gasteiger partial charge in [-0.1, -0.05) is 35.6 Å². The second kappa shape index (κ2) is 9.31. The number of thiazole rings is 1. The van der Waals surface area contributed by atoms with Crippen LogP contribution in [0.2, 0.25) is 0 Å². The number of thiol groups is 1. The van der Waals surface area contributed by atoms with Crippen LogP contribution in [0.15, 0.2) is 36.7 Å². The van der Waals surface area contributed by atoms with E-state index in [1.54, 1.807) is 12.4 Å². The predicted octanol–water partition coefficient (Wildman–Crippen LogP) is 1.25. The molecule has 4 aromatic rings. The van der Waals surface area contributed by atoms with E-state index in [2.05, 4.69) is 19.6 Å². The van der Waals surface area contributed by atoms with Crippen LogP contribution in [0.4, 0.5) is 11.8 Å².